The number of nitrogens with one attached hydrogen (secondary N) is 1. The second-order valence-electron chi connectivity index (χ2n) is 9.30. The van der Waals surface area contributed by atoms with Crippen molar-refractivity contribution in [2.75, 3.05) is 6.61 Å². The molecular weight excluding hydrogens is 522 g/mol. The molecule has 1 aromatic heterocycles. The van der Waals surface area contributed by atoms with Crippen molar-refractivity contribution in [2.24, 2.45) is 4.99 Å². The van der Waals surface area contributed by atoms with Crippen molar-refractivity contribution in [3.63, 3.8) is 0 Å². The van der Waals surface area contributed by atoms with Crippen LogP contribution in [0.3, 0.4) is 0 Å². The van der Waals surface area contributed by atoms with E-state index < -0.39 is 5.97 Å². The number of hydrogen-bond acceptors (Lipinski definition) is 6. The molecule has 0 aliphatic carbocycles. The van der Waals surface area contributed by atoms with Gasteiger partial charge in [-0.1, -0.05) is 78.0 Å². The van der Waals surface area contributed by atoms with Gasteiger partial charge in [-0.2, -0.15) is 0 Å². The number of aryl methyl sites for hydroxylation is 1. The molecule has 2 N–H and O–H groups in total. The molecular formula is C32H29N3O4S. The SMILES string of the molecule is CCOC(=O)C1=C(O)/C(=C/c2cn(CC(=O)NCc3ccccc3)c3ccccc23)SC1=Nc1ccc(C)cc1. The minimum absolute atomic E-state index is 0.0442. The fraction of sp³-hybridized carbons (Fsp3) is 0.156. The van der Waals surface area contributed by atoms with E-state index >= 15 is 0 Å². The van der Waals surface area contributed by atoms with Crippen molar-refractivity contribution in [3.05, 3.63) is 118 Å². The van der Waals surface area contributed by atoms with Crippen LogP contribution in [0.5, 0.6) is 0 Å². The molecule has 1 aliphatic heterocycles. The van der Waals surface area contributed by atoms with E-state index in [0.29, 0.717) is 22.2 Å². The summed E-state index contributed by atoms with van der Waals surface area (Å²) in [7, 11) is 0. The first-order valence-corrected chi connectivity index (χ1v) is 13.8. The number of nitrogens with zero attached hydrogens (tertiary/aromatic N) is 2. The second kappa shape index (κ2) is 12.1. The summed E-state index contributed by atoms with van der Waals surface area (Å²) in [5.41, 5.74) is 4.53. The summed E-state index contributed by atoms with van der Waals surface area (Å²) in [5.74, 6) is -0.912. The lowest BCUT2D eigenvalue weighted by Crippen LogP contribution is -2.26. The Morgan fingerprint density at radius 1 is 1.02 bits per heavy atom. The molecule has 5 rings (SSSR count). The number of amides is 1. The van der Waals surface area contributed by atoms with Crippen molar-refractivity contribution in [3.8, 4) is 0 Å². The molecule has 202 valence electrons. The monoisotopic (exact) mass is 551 g/mol. The number of hydrogen-bond donors (Lipinski definition) is 2. The highest BCUT2D eigenvalue weighted by atomic mass is 32.2. The lowest BCUT2D eigenvalue weighted by atomic mass is 10.1. The van der Waals surface area contributed by atoms with Crippen molar-refractivity contribution >= 4 is 51.3 Å². The van der Waals surface area contributed by atoms with Crippen molar-refractivity contribution in [1.29, 1.82) is 0 Å². The number of carbonyl (C=O) groups excluding carboxylic acids is 2. The predicted octanol–water partition coefficient (Wildman–Crippen LogP) is 6.46. The molecule has 3 aromatic carbocycles. The smallest absolute Gasteiger partial charge is 0.344 e. The first-order chi connectivity index (χ1) is 19.4. The van der Waals surface area contributed by atoms with Crippen LogP contribution in [0.25, 0.3) is 17.0 Å². The highest BCUT2D eigenvalue weighted by molar-refractivity contribution is 8.18. The summed E-state index contributed by atoms with van der Waals surface area (Å²) >= 11 is 1.21. The Labute approximate surface area is 236 Å². The van der Waals surface area contributed by atoms with Gasteiger partial charge in [0, 0.05) is 29.2 Å². The predicted molar refractivity (Wildman–Crippen MR) is 160 cm³/mol. The number of esters is 1. The van der Waals surface area contributed by atoms with E-state index in [-0.39, 0.29) is 30.4 Å². The molecule has 2 heterocycles. The van der Waals surface area contributed by atoms with Gasteiger partial charge in [-0.25, -0.2) is 9.79 Å². The number of benzene rings is 3. The molecule has 40 heavy (non-hydrogen) atoms. The fourth-order valence-electron chi connectivity index (χ4n) is 4.40. The molecule has 8 heteroatoms. The highest BCUT2D eigenvalue weighted by Crippen LogP contribution is 2.41. The maximum atomic E-state index is 12.8. The maximum absolute atomic E-state index is 12.8. The van der Waals surface area contributed by atoms with Gasteiger partial charge in [0.15, 0.2) is 0 Å². The lowest BCUT2D eigenvalue weighted by Gasteiger charge is -2.07. The molecule has 0 saturated carbocycles. The number of ether oxygens (including phenoxy) is 1. The van der Waals surface area contributed by atoms with Gasteiger partial charge < -0.3 is 19.7 Å². The van der Waals surface area contributed by atoms with E-state index in [9.17, 15) is 14.7 Å². The maximum Gasteiger partial charge on any atom is 0.344 e. The van der Waals surface area contributed by atoms with Crippen LogP contribution in [-0.2, 0) is 27.4 Å². The third-order valence-corrected chi connectivity index (χ3v) is 7.41. The van der Waals surface area contributed by atoms with Gasteiger partial charge in [0.1, 0.15) is 22.9 Å². The quantitative estimate of drug-likeness (QED) is 0.245. The number of thioether (sulfide) groups is 1. The Balaban J connectivity index is 1.46. The number of aliphatic hydroxyl groups excluding tert-OH is 1. The number of rotatable bonds is 8. The Kier molecular flexibility index (Phi) is 8.17. The molecule has 0 unspecified atom stereocenters. The topological polar surface area (TPSA) is 92.9 Å². The van der Waals surface area contributed by atoms with E-state index in [1.54, 1.807) is 6.92 Å². The van der Waals surface area contributed by atoms with Gasteiger partial charge in [0.2, 0.25) is 5.91 Å². The Morgan fingerprint density at radius 2 is 1.75 bits per heavy atom. The third-order valence-electron chi connectivity index (χ3n) is 6.39. The molecule has 0 atom stereocenters. The normalized spacial score (nSPS) is 15.2. The van der Waals surface area contributed by atoms with Gasteiger partial charge in [0.25, 0.3) is 0 Å². The van der Waals surface area contributed by atoms with E-state index in [1.165, 1.54) is 11.8 Å². The first-order valence-electron chi connectivity index (χ1n) is 13.0. The van der Waals surface area contributed by atoms with Crippen LogP contribution in [0.4, 0.5) is 5.69 Å². The van der Waals surface area contributed by atoms with Crippen LogP contribution in [0.2, 0.25) is 0 Å². The van der Waals surface area contributed by atoms with Gasteiger partial charge >= 0.3 is 5.97 Å². The van der Waals surface area contributed by atoms with Gasteiger partial charge in [-0.05, 0) is 43.7 Å². The Morgan fingerprint density at radius 3 is 2.50 bits per heavy atom. The number of aliphatic hydroxyl groups is 1. The van der Waals surface area contributed by atoms with Crippen molar-refractivity contribution in [1.82, 2.24) is 9.88 Å². The molecule has 7 nitrogen and oxygen atoms in total. The average molecular weight is 552 g/mol. The summed E-state index contributed by atoms with van der Waals surface area (Å²) in [5, 5.41) is 15.4. The molecule has 0 fully saturated rings. The molecule has 0 saturated heterocycles. The Hall–Kier alpha value is -4.56. The van der Waals surface area contributed by atoms with Crippen LogP contribution in [0, 0.1) is 6.92 Å². The number of fused-ring (bicyclic) bond motifs is 1. The molecule has 4 aromatic rings. The largest absolute Gasteiger partial charge is 0.506 e. The molecule has 0 radical (unpaired) electrons. The standard InChI is InChI=1S/C32H29N3O4S/c1-3-39-32(38)29-30(37)27(40-31(29)34-24-15-13-21(2)14-16-24)17-23-19-35(26-12-8-7-11-25(23)26)20-28(36)33-18-22-9-5-4-6-10-22/h4-17,19,37H,3,18,20H2,1-2H3,(H,33,36)/b27-17-,34-31?. The summed E-state index contributed by atoms with van der Waals surface area (Å²) < 4.78 is 7.11. The van der Waals surface area contributed by atoms with Crippen LogP contribution in [0.1, 0.15) is 23.6 Å². The minimum atomic E-state index is -0.626. The van der Waals surface area contributed by atoms with E-state index in [2.05, 4.69) is 10.3 Å². The van der Waals surface area contributed by atoms with Gasteiger partial charge in [-0.15, -0.1) is 0 Å². The van der Waals surface area contributed by atoms with Gasteiger partial charge in [0.05, 0.1) is 17.2 Å². The zero-order chi connectivity index (χ0) is 28.1. The van der Waals surface area contributed by atoms with Crippen LogP contribution < -0.4 is 5.32 Å². The third kappa shape index (κ3) is 6.02. The highest BCUT2D eigenvalue weighted by Gasteiger charge is 2.33. The van der Waals surface area contributed by atoms with Crippen molar-refractivity contribution in [2.45, 2.75) is 26.9 Å². The first kappa shape index (κ1) is 27.0. The van der Waals surface area contributed by atoms with E-state index in [4.69, 9.17) is 4.74 Å². The lowest BCUT2D eigenvalue weighted by molar-refractivity contribution is -0.138. The van der Waals surface area contributed by atoms with Crippen LogP contribution in [0.15, 0.2) is 106 Å². The zero-order valence-electron chi connectivity index (χ0n) is 22.3. The average Bonchev–Trinajstić information content (AvgIpc) is 3.46. The molecule has 1 aliphatic rings. The number of carbonyl (C=O) groups is 2. The second-order valence-corrected chi connectivity index (χ2v) is 10.3. The van der Waals surface area contributed by atoms with E-state index in [0.717, 1.165) is 27.6 Å². The van der Waals surface area contributed by atoms with Crippen LogP contribution >= 0.6 is 11.8 Å². The number of aliphatic imine (C=N–C) groups is 1. The molecule has 1 amide bonds. The summed E-state index contributed by atoms with van der Waals surface area (Å²) in [6, 6.07) is 25.1. The number of aromatic nitrogens is 1. The fourth-order valence-corrected chi connectivity index (χ4v) is 5.42. The summed E-state index contributed by atoms with van der Waals surface area (Å²) in [4.78, 5) is 30.7. The van der Waals surface area contributed by atoms with Crippen molar-refractivity contribution < 1.29 is 19.4 Å². The van der Waals surface area contributed by atoms with E-state index in [1.807, 2.05) is 103 Å². The summed E-state index contributed by atoms with van der Waals surface area (Å²) in [6.07, 6.45) is 3.70. The van der Waals surface area contributed by atoms with Gasteiger partial charge in [-0.3, -0.25) is 4.79 Å². The number of para-hydroxylation sites is 1. The minimum Gasteiger partial charge on any atom is -0.506 e. The molecule has 0 bridgehead atoms. The summed E-state index contributed by atoms with van der Waals surface area (Å²) in [6.45, 7) is 4.47. The Bertz CT molecular complexity index is 1650. The zero-order valence-corrected chi connectivity index (χ0v) is 23.1. The molecule has 0 spiro atoms. The van der Waals surface area contributed by atoms with Crippen LogP contribution in [-0.4, -0.2) is 33.2 Å².